The van der Waals surface area contributed by atoms with Crippen LogP contribution in [0.5, 0.6) is 0 Å². The van der Waals surface area contributed by atoms with E-state index in [1.807, 2.05) is 35.7 Å². The number of likely N-dealkylation sites (N-methyl/N-ethyl adjacent to an activating group) is 1. The number of nitrogens with zero attached hydrogens (tertiary/aromatic N) is 7. The predicted molar refractivity (Wildman–Crippen MR) is 201 cm³/mol. The third-order valence-electron chi connectivity index (χ3n) is 8.69. The summed E-state index contributed by atoms with van der Waals surface area (Å²) in [6.07, 6.45) is 1.86. The predicted octanol–water partition coefficient (Wildman–Crippen LogP) is 3.36. The Labute approximate surface area is 350 Å². The van der Waals surface area contributed by atoms with Crippen molar-refractivity contribution < 1.29 is 71.0 Å². The number of carbonyl (C=O) groups excluding carboxylic acids is 3. The van der Waals surface area contributed by atoms with Crippen LogP contribution in [0, 0.1) is 11.6 Å². The molecule has 0 saturated heterocycles. The van der Waals surface area contributed by atoms with Gasteiger partial charge in [0.25, 0.3) is 6.33 Å². The molecule has 0 aliphatic rings. The van der Waals surface area contributed by atoms with Crippen molar-refractivity contribution in [3.05, 3.63) is 113 Å². The Morgan fingerprint density at radius 2 is 1.74 bits per heavy atom. The molecule has 304 valence electrons. The standard InChI is InChI=1S/C39H44F2N7O7S.HI/c1-25(35-44-32(21-56-35)27-12-9-8-10-13-27)39(52,30-18-29(40)15-16-31(30)41)22-48-24-47(23-43-48)26(2)54-37(51)46(7)34-28(14-11-17-42-34)20-53-33(49)19-45(6)36(50)55-38(3,4)5;/h8-18,21,23-26,52H,19-20,22H2,1-7H3;1H/q+1;/p-1/t25-,26?,39+;/m0./s1. The Kier molecular flexibility index (Phi) is 14.8. The SMILES string of the molecule is CC(OC(=O)N(C)c1ncccc1COC(=O)CN(C)C(=O)OC(C)(C)C)[n+]1cnn(C[C@](O)(c2cc(F)ccc2F)[C@@H](C)c2nc(-c3ccccc3)cs2)c1.[I-]. The summed E-state index contributed by atoms with van der Waals surface area (Å²) in [6, 6.07) is 15.6. The minimum Gasteiger partial charge on any atom is -1.00 e. The van der Waals surface area contributed by atoms with Gasteiger partial charge in [0.15, 0.2) is 0 Å². The number of benzene rings is 2. The van der Waals surface area contributed by atoms with Gasteiger partial charge in [-0.2, -0.15) is 4.57 Å². The van der Waals surface area contributed by atoms with Gasteiger partial charge in [0.2, 0.25) is 12.6 Å². The first-order chi connectivity index (χ1) is 26.4. The number of aliphatic hydroxyl groups is 1. The molecule has 14 nitrogen and oxygen atoms in total. The van der Waals surface area contributed by atoms with Crippen molar-refractivity contribution >= 4 is 35.3 Å². The zero-order valence-corrected chi connectivity index (χ0v) is 35.4. The van der Waals surface area contributed by atoms with E-state index < -0.39 is 53.1 Å². The van der Waals surface area contributed by atoms with Gasteiger partial charge < -0.3 is 48.2 Å². The molecule has 1 unspecified atom stereocenters. The highest BCUT2D eigenvalue weighted by atomic mass is 127. The average molecular weight is 920 g/mol. The van der Waals surface area contributed by atoms with Crippen LogP contribution in [-0.2, 0) is 37.8 Å². The lowest BCUT2D eigenvalue weighted by Crippen LogP contribution is -3.00. The first kappa shape index (κ1) is 44.6. The van der Waals surface area contributed by atoms with E-state index in [9.17, 15) is 23.9 Å². The molecule has 3 heterocycles. The average Bonchev–Trinajstić information content (AvgIpc) is 3.85. The van der Waals surface area contributed by atoms with Gasteiger partial charge in [0, 0.05) is 60.3 Å². The van der Waals surface area contributed by atoms with E-state index in [0.717, 1.165) is 33.6 Å². The number of amides is 2. The molecule has 5 rings (SSSR count). The van der Waals surface area contributed by atoms with Crippen molar-refractivity contribution in [2.24, 2.45) is 0 Å². The number of rotatable bonds is 13. The summed E-state index contributed by atoms with van der Waals surface area (Å²) >= 11 is 1.29. The van der Waals surface area contributed by atoms with E-state index in [-0.39, 0.29) is 55.1 Å². The van der Waals surface area contributed by atoms with Crippen LogP contribution in [0.25, 0.3) is 11.3 Å². The molecule has 2 amide bonds. The summed E-state index contributed by atoms with van der Waals surface area (Å²) in [6.45, 7) is 7.48. The number of ether oxygens (including phenoxy) is 3. The number of hydrogen-bond acceptors (Lipinski definition) is 11. The third-order valence-corrected chi connectivity index (χ3v) is 9.71. The molecule has 5 aromatic rings. The quantitative estimate of drug-likeness (QED) is 0.0806. The smallest absolute Gasteiger partial charge is 0.418 e. The van der Waals surface area contributed by atoms with Crippen LogP contribution < -0.4 is 33.4 Å². The van der Waals surface area contributed by atoms with Crippen molar-refractivity contribution in [3.63, 3.8) is 0 Å². The second kappa shape index (κ2) is 18.9. The lowest BCUT2D eigenvalue weighted by molar-refractivity contribution is -0.753. The highest BCUT2D eigenvalue weighted by Crippen LogP contribution is 2.41. The van der Waals surface area contributed by atoms with Crippen molar-refractivity contribution in [1.82, 2.24) is 24.6 Å². The highest BCUT2D eigenvalue weighted by molar-refractivity contribution is 7.10. The highest BCUT2D eigenvalue weighted by Gasteiger charge is 2.43. The molecule has 0 bridgehead atoms. The van der Waals surface area contributed by atoms with Crippen LogP contribution in [0.15, 0.2) is 84.9 Å². The minimum atomic E-state index is -2.02. The molecule has 2 aromatic carbocycles. The summed E-state index contributed by atoms with van der Waals surface area (Å²) in [7, 11) is 2.84. The molecule has 3 atom stereocenters. The molecular formula is C39H44F2IN7O7S. The molecule has 3 aromatic heterocycles. The first-order valence-corrected chi connectivity index (χ1v) is 18.4. The van der Waals surface area contributed by atoms with Crippen molar-refractivity contribution in [1.29, 1.82) is 0 Å². The normalized spacial score (nSPS) is 13.4. The Hall–Kier alpha value is -5.08. The fourth-order valence-corrected chi connectivity index (χ4v) is 6.56. The molecule has 18 heteroatoms. The van der Waals surface area contributed by atoms with Gasteiger partial charge in [-0.3, -0.25) is 9.69 Å². The molecule has 0 saturated carbocycles. The lowest BCUT2D eigenvalue weighted by Gasteiger charge is -2.32. The van der Waals surface area contributed by atoms with Crippen LogP contribution in [-0.4, -0.2) is 74.2 Å². The van der Waals surface area contributed by atoms with Crippen LogP contribution in [0.4, 0.5) is 24.2 Å². The number of esters is 1. The summed E-state index contributed by atoms with van der Waals surface area (Å²) in [5.74, 6) is -2.89. The van der Waals surface area contributed by atoms with Crippen LogP contribution in [0.2, 0.25) is 0 Å². The molecular weight excluding hydrogens is 875 g/mol. The number of anilines is 1. The van der Waals surface area contributed by atoms with E-state index >= 15 is 4.39 Å². The Morgan fingerprint density at radius 3 is 2.44 bits per heavy atom. The molecule has 0 radical (unpaired) electrons. The summed E-state index contributed by atoms with van der Waals surface area (Å²) in [5.41, 5.74) is -1.09. The van der Waals surface area contributed by atoms with Gasteiger partial charge in [0.1, 0.15) is 48.4 Å². The maximum atomic E-state index is 15.4. The zero-order chi connectivity index (χ0) is 40.8. The third kappa shape index (κ3) is 11.3. The van der Waals surface area contributed by atoms with E-state index in [0.29, 0.717) is 16.3 Å². The minimum absolute atomic E-state index is 0. The summed E-state index contributed by atoms with van der Waals surface area (Å²) in [5, 5.41) is 19.0. The monoisotopic (exact) mass is 919 g/mol. The molecule has 0 fully saturated rings. The zero-order valence-electron chi connectivity index (χ0n) is 32.4. The maximum absolute atomic E-state index is 15.4. The molecule has 0 aliphatic heterocycles. The van der Waals surface area contributed by atoms with Gasteiger partial charge in [-0.05, 0) is 45.0 Å². The molecule has 0 aliphatic carbocycles. The number of hydrogen-bond donors (Lipinski definition) is 1. The van der Waals surface area contributed by atoms with Crippen LogP contribution >= 0.6 is 11.3 Å². The van der Waals surface area contributed by atoms with E-state index in [4.69, 9.17) is 19.2 Å². The van der Waals surface area contributed by atoms with Crippen molar-refractivity contribution in [2.45, 2.75) is 71.1 Å². The topological polar surface area (TPSA) is 153 Å². The Bertz CT molecular complexity index is 2170. The Morgan fingerprint density at radius 1 is 1.02 bits per heavy atom. The van der Waals surface area contributed by atoms with Crippen molar-refractivity contribution in [3.8, 4) is 11.3 Å². The van der Waals surface area contributed by atoms with Gasteiger partial charge >= 0.3 is 18.2 Å². The molecule has 0 spiro atoms. The van der Waals surface area contributed by atoms with E-state index in [2.05, 4.69) is 10.1 Å². The summed E-state index contributed by atoms with van der Waals surface area (Å²) in [4.78, 5) is 49.3. The van der Waals surface area contributed by atoms with Gasteiger partial charge in [-0.15, -0.1) is 16.0 Å². The van der Waals surface area contributed by atoms with Gasteiger partial charge in [-0.1, -0.05) is 43.3 Å². The number of carbonyl (C=O) groups is 3. The lowest BCUT2D eigenvalue weighted by atomic mass is 9.82. The number of aromatic nitrogens is 5. The van der Waals surface area contributed by atoms with Crippen LogP contribution in [0.3, 0.4) is 0 Å². The van der Waals surface area contributed by atoms with Crippen LogP contribution in [0.1, 0.15) is 62.9 Å². The number of thiazole rings is 1. The fraction of sp³-hybridized carbons (Fsp3) is 0.359. The largest absolute Gasteiger partial charge is 1.00 e. The van der Waals surface area contributed by atoms with Gasteiger partial charge in [0.05, 0.1) is 10.7 Å². The Balaban J connectivity index is 0.00000720. The van der Waals surface area contributed by atoms with Crippen molar-refractivity contribution in [2.75, 3.05) is 25.5 Å². The van der Waals surface area contributed by atoms with Gasteiger partial charge in [-0.25, -0.2) is 28.3 Å². The summed E-state index contributed by atoms with van der Waals surface area (Å²) < 4.78 is 49.0. The number of halogens is 3. The first-order valence-electron chi connectivity index (χ1n) is 17.5. The second-order valence-corrected chi connectivity index (χ2v) is 15.0. The maximum Gasteiger partial charge on any atom is 0.418 e. The van der Waals surface area contributed by atoms with E-state index in [1.165, 1.54) is 53.5 Å². The second-order valence-electron chi connectivity index (χ2n) is 14.1. The molecule has 1 N–H and O–H groups in total. The fourth-order valence-electron chi connectivity index (χ4n) is 5.59. The molecule has 57 heavy (non-hydrogen) atoms. The number of pyridine rings is 1. The van der Waals surface area contributed by atoms with E-state index in [1.54, 1.807) is 46.8 Å².